The standard InChI is InChI=1S/C13H15ClN2S/c1-9-3-4-10(15)7-12(9)16(2)8-11-5-6-13(14)17-11/h3-7H,8,15H2,1-2H3. The van der Waals surface area contributed by atoms with E-state index in [2.05, 4.69) is 24.9 Å². The number of halogens is 1. The minimum absolute atomic E-state index is 0.793. The number of anilines is 2. The number of rotatable bonds is 3. The van der Waals surface area contributed by atoms with Crippen molar-refractivity contribution in [1.29, 1.82) is 0 Å². The highest BCUT2D eigenvalue weighted by Crippen LogP contribution is 2.27. The summed E-state index contributed by atoms with van der Waals surface area (Å²) in [5, 5.41) is 0. The van der Waals surface area contributed by atoms with Crippen molar-refractivity contribution in [3.8, 4) is 0 Å². The number of hydrogen-bond acceptors (Lipinski definition) is 3. The molecule has 0 spiro atoms. The molecule has 0 aliphatic carbocycles. The van der Waals surface area contributed by atoms with Crippen LogP contribution in [0.1, 0.15) is 10.4 Å². The van der Waals surface area contributed by atoms with Gasteiger partial charge in [-0.3, -0.25) is 0 Å². The molecule has 1 heterocycles. The summed E-state index contributed by atoms with van der Waals surface area (Å²) < 4.78 is 0.831. The number of nitrogens with two attached hydrogens (primary N) is 1. The van der Waals surface area contributed by atoms with Crippen molar-refractivity contribution in [3.63, 3.8) is 0 Å². The number of thiophene rings is 1. The van der Waals surface area contributed by atoms with Gasteiger partial charge in [-0.25, -0.2) is 0 Å². The van der Waals surface area contributed by atoms with E-state index in [9.17, 15) is 0 Å². The molecule has 0 fully saturated rings. The number of benzene rings is 1. The molecule has 0 atom stereocenters. The third-order valence-electron chi connectivity index (χ3n) is 2.67. The van der Waals surface area contributed by atoms with Crippen molar-refractivity contribution in [2.45, 2.75) is 13.5 Å². The largest absolute Gasteiger partial charge is 0.399 e. The minimum Gasteiger partial charge on any atom is -0.399 e. The van der Waals surface area contributed by atoms with Crippen LogP contribution in [0, 0.1) is 6.92 Å². The highest BCUT2D eigenvalue weighted by molar-refractivity contribution is 7.16. The average molecular weight is 267 g/mol. The number of hydrogen-bond donors (Lipinski definition) is 1. The van der Waals surface area contributed by atoms with Gasteiger partial charge in [-0.2, -0.15) is 0 Å². The molecule has 0 bridgehead atoms. The van der Waals surface area contributed by atoms with Gasteiger partial charge in [0.05, 0.1) is 10.9 Å². The molecule has 4 heteroatoms. The molecule has 17 heavy (non-hydrogen) atoms. The summed E-state index contributed by atoms with van der Waals surface area (Å²) in [4.78, 5) is 3.44. The lowest BCUT2D eigenvalue weighted by molar-refractivity contribution is 0.934. The first-order valence-electron chi connectivity index (χ1n) is 5.38. The maximum absolute atomic E-state index is 5.93. The molecule has 90 valence electrons. The predicted octanol–water partition coefficient (Wildman–Crippen LogP) is 3.93. The second-order valence-corrected chi connectivity index (χ2v) is 5.91. The summed E-state index contributed by atoms with van der Waals surface area (Å²) in [5.74, 6) is 0. The first-order chi connectivity index (χ1) is 8.06. The van der Waals surface area contributed by atoms with Crippen molar-refractivity contribution < 1.29 is 0 Å². The fourth-order valence-electron chi connectivity index (χ4n) is 1.79. The van der Waals surface area contributed by atoms with Gasteiger partial charge in [-0.05, 0) is 36.8 Å². The highest BCUT2D eigenvalue weighted by Gasteiger charge is 2.07. The molecule has 0 saturated carbocycles. The molecule has 0 unspecified atom stereocenters. The zero-order valence-corrected chi connectivity index (χ0v) is 11.5. The molecule has 0 saturated heterocycles. The Morgan fingerprint density at radius 1 is 1.29 bits per heavy atom. The molecule has 0 radical (unpaired) electrons. The monoisotopic (exact) mass is 266 g/mol. The molecular weight excluding hydrogens is 252 g/mol. The zero-order valence-electron chi connectivity index (χ0n) is 9.90. The van der Waals surface area contributed by atoms with E-state index in [-0.39, 0.29) is 0 Å². The van der Waals surface area contributed by atoms with E-state index in [1.807, 2.05) is 24.3 Å². The van der Waals surface area contributed by atoms with Gasteiger partial charge in [-0.1, -0.05) is 17.7 Å². The Labute approximate surface area is 111 Å². The summed E-state index contributed by atoms with van der Waals surface area (Å²) in [6, 6.07) is 9.97. The van der Waals surface area contributed by atoms with E-state index in [1.54, 1.807) is 11.3 Å². The van der Waals surface area contributed by atoms with Crippen LogP contribution in [0.2, 0.25) is 4.34 Å². The van der Waals surface area contributed by atoms with Gasteiger partial charge in [0.15, 0.2) is 0 Å². The Morgan fingerprint density at radius 3 is 2.71 bits per heavy atom. The first kappa shape index (κ1) is 12.3. The molecule has 2 N–H and O–H groups in total. The molecule has 2 rings (SSSR count). The van der Waals surface area contributed by atoms with Crippen LogP contribution in [0.15, 0.2) is 30.3 Å². The summed E-state index contributed by atoms with van der Waals surface area (Å²) in [6.07, 6.45) is 0. The third kappa shape index (κ3) is 2.93. The second-order valence-electron chi connectivity index (χ2n) is 4.11. The first-order valence-corrected chi connectivity index (χ1v) is 6.57. The predicted molar refractivity (Wildman–Crippen MR) is 77.0 cm³/mol. The average Bonchev–Trinajstić information content (AvgIpc) is 2.67. The van der Waals surface area contributed by atoms with E-state index >= 15 is 0 Å². The lowest BCUT2D eigenvalue weighted by Gasteiger charge is -2.21. The van der Waals surface area contributed by atoms with Crippen LogP contribution in [0.5, 0.6) is 0 Å². The van der Waals surface area contributed by atoms with Crippen molar-refractivity contribution >= 4 is 34.3 Å². The lowest BCUT2D eigenvalue weighted by Crippen LogP contribution is -2.16. The van der Waals surface area contributed by atoms with Crippen LogP contribution in [0.3, 0.4) is 0 Å². The fraction of sp³-hybridized carbons (Fsp3) is 0.231. The summed E-state index contributed by atoms with van der Waals surface area (Å²) >= 11 is 7.54. The maximum atomic E-state index is 5.93. The maximum Gasteiger partial charge on any atom is 0.0931 e. The smallest absolute Gasteiger partial charge is 0.0931 e. The molecule has 1 aromatic heterocycles. The van der Waals surface area contributed by atoms with Crippen LogP contribution in [0.25, 0.3) is 0 Å². The summed E-state index contributed by atoms with van der Waals surface area (Å²) in [7, 11) is 2.06. The number of nitrogen functional groups attached to an aromatic ring is 1. The molecule has 0 aliphatic rings. The van der Waals surface area contributed by atoms with Gasteiger partial charge in [0.2, 0.25) is 0 Å². The SMILES string of the molecule is Cc1ccc(N)cc1N(C)Cc1ccc(Cl)s1. The van der Waals surface area contributed by atoms with E-state index < -0.39 is 0 Å². The lowest BCUT2D eigenvalue weighted by atomic mass is 10.1. The Morgan fingerprint density at radius 2 is 2.06 bits per heavy atom. The third-order valence-corrected chi connectivity index (χ3v) is 3.88. The fourth-order valence-corrected chi connectivity index (χ4v) is 2.93. The van der Waals surface area contributed by atoms with Gasteiger partial charge in [-0.15, -0.1) is 11.3 Å². The second kappa shape index (κ2) is 4.98. The zero-order chi connectivity index (χ0) is 12.4. The molecule has 0 aliphatic heterocycles. The van der Waals surface area contributed by atoms with Gasteiger partial charge < -0.3 is 10.6 Å². The minimum atomic E-state index is 0.793. The Bertz CT molecular complexity index is 522. The molecule has 2 nitrogen and oxygen atoms in total. The molecule has 1 aromatic carbocycles. The van der Waals surface area contributed by atoms with Crippen molar-refractivity contribution in [2.24, 2.45) is 0 Å². The summed E-state index contributed by atoms with van der Waals surface area (Å²) in [5.41, 5.74) is 9.00. The van der Waals surface area contributed by atoms with E-state index in [0.717, 1.165) is 22.3 Å². The Balaban J connectivity index is 2.19. The van der Waals surface area contributed by atoms with Crippen LogP contribution in [-0.4, -0.2) is 7.05 Å². The van der Waals surface area contributed by atoms with E-state index in [0.29, 0.717) is 0 Å². The normalized spacial score (nSPS) is 10.5. The van der Waals surface area contributed by atoms with Gasteiger partial charge in [0.1, 0.15) is 0 Å². The van der Waals surface area contributed by atoms with Crippen LogP contribution < -0.4 is 10.6 Å². The van der Waals surface area contributed by atoms with Gasteiger partial charge in [0, 0.05) is 23.3 Å². The van der Waals surface area contributed by atoms with Crippen molar-refractivity contribution in [1.82, 2.24) is 0 Å². The Kier molecular flexibility index (Phi) is 3.60. The van der Waals surface area contributed by atoms with Crippen LogP contribution >= 0.6 is 22.9 Å². The van der Waals surface area contributed by atoms with Gasteiger partial charge in [0.25, 0.3) is 0 Å². The summed E-state index contributed by atoms with van der Waals surface area (Å²) in [6.45, 7) is 2.94. The number of nitrogens with zero attached hydrogens (tertiary/aromatic N) is 1. The molecule has 0 amide bonds. The van der Waals surface area contributed by atoms with Crippen molar-refractivity contribution in [2.75, 3.05) is 17.7 Å². The van der Waals surface area contributed by atoms with Gasteiger partial charge >= 0.3 is 0 Å². The molecular formula is C13H15ClN2S. The van der Waals surface area contributed by atoms with E-state index in [4.69, 9.17) is 17.3 Å². The molecule has 2 aromatic rings. The quantitative estimate of drug-likeness (QED) is 0.853. The highest BCUT2D eigenvalue weighted by atomic mass is 35.5. The van der Waals surface area contributed by atoms with Crippen LogP contribution in [0.4, 0.5) is 11.4 Å². The van der Waals surface area contributed by atoms with Crippen molar-refractivity contribution in [3.05, 3.63) is 45.1 Å². The van der Waals surface area contributed by atoms with Crippen LogP contribution in [-0.2, 0) is 6.54 Å². The van der Waals surface area contributed by atoms with E-state index in [1.165, 1.54) is 10.4 Å². The number of aryl methyl sites for hydroxylation is 1. The topological polar surface area (TPSA) is 29.3 Å². The Hall–Kier alpha value is -1.19.